The van der Waals surface area contributed by atoms with E-state index >= 15 is 0 Å². The van der Waals surface area contributed by atoms with E-state index in [1.807, 2.05) is 0 Å². The minimum Gasteiger partial charge on any atom is -0.466 e. The molecule has 0 aromatic carbocycles. The fourth-order valence-corrected chi connectivity index (χ4v) is 3.88. The van der Waals surface area contributed by atoms with Crippen molar-refractivity contribution in [3.05, 3.63) is 0 Å². The van der Waals surface area contributed by atoms with Crippen LogP contribution >= 0.6 is 0 Å². The molecular formula is C16H25NO5. The molecule has 124 valence electrons. The van der Waals surface area contributed by atoms with Gasteiger partial charge in [-0.15, -0.1) is 0 Å². The van der Waals surface area contributed by atoms with Gasteiger partial charge in [0.2, 0.25) is 5.91 Å². The second-order valence-corrected chi connectivity index (χ2v) is 6.02. The lowest BCUT2D eigenvalue weighted by atomic mass is 9.71. The van der Waals surface area contributed by atoms with Crippen LogP contribution in [0.25, 0.3) is 0 Å². The van der Waals surface area contributed by atoms with Gasteiger partial charge in [-0.05, 0) is 32.6 Å². The Balaban J connectivity index is 2.21. The number of ether oxygens (including phenoxy) is 2. The van der Waals surface area contributed by atoms with Gasteiger partial charge in [0.05, 0.1) is 25.2 Å². The van der Waals surface area contributed by atoms with E-state index in [1.165, 1.54) is 0 Å². The average molecular weight is 311 g/mol. The molecule has 0 unspecified atom stereocenters. The molecule has 1 aliphatic heterocycles. The molecule has 0 radical (unpaired) electrons. The fourth-order valence-electron chi connectivity index (χ4n) is 3.88. The van der Waals surface area contributed by atoms with Gasteiger partial charge < -0.3 is 14.4 Å². The second-order valence-electron chi connectivity index (χ2n) is 6.02. The van der Waals surface area contributed by atoms with Crippen LogP contribution in [-0.4, -0.2) is 48.0 Å². The van der Waals surface area contributed by atoms with Crippen LogP contribution in [0.15, 0.2) is 0 Å². The van der Waals surface area contributed by atoms with Gasteiger partial charge >= 0.3 is 11.9 Å². The van der Waals surface area contributed by atoms with Gasteiger partial charge in [-0.25, -0.2) is 0 Å². The van der Waals surface area contributed by atoms with Crippen molar-refractivity contribution in [3.63, 3.8) is 0 Å². The maximum absolute atomic E-state index is 12.4. The van der Waals surface area contributed by atoms with E-state index in [1.54, 1.807) is 18.7 Å². The minimum absolute atomic E-state index is 0.0516. The van der Waals surface area contributed by atoms with Crippen molar-refractivity contribution in [2.75, 3.05) is 19.8 Å². The Hall–Kier alpha value is -1.59. The van der Waals surface area contributed by atoms with E-state index in [-0.39, 0.29) is 37.4 Å². The van der Waals surface area contributed by atoms with Crippen LogP contribution in [0.3, 0.4) is 0 Å². The lowest BCUT2D eigenvalue weighted by Crippen LogP contribution is -2.54. The maximum atomic E-state index is 12.4. The lowest BCUT2D eigenvalue weighted by Gasteiger charge is -2.44. The predicted octanol–water partition coefficient (Wildman–Crippen LogP) is 1.66. The van der Waals surface area contributed by atoms with Gasteiger partial charge in [-0.1, -0.05) is 12.8 Å². The standard InChI is InChI=1S/C16H25NO5/c1-3-21-14(19)10-16-8-6-5-7-12(16)9-13(18)17(16)11-15(20)22-4-2/h12H,3-11H2,1-2H3/t12-,16+/m1/s1. The van der Waals surface area contributed by atoms with Gasteiger partial charge in [-0.3, -0.25) is 14.4 Å². The summed E-state index contributed by atoms with van der Waals surface area (Å²) in [6.07, 6.45) is 4.29. The molecular weight excluding hydrogens is 286 g/mol. The van der Waals surface area contributed by atoms with Crippen molar-refractivity contribution < 1.29 is 23.9 Å². The highest BCUT2D eigenvalue weighted by Gasteiger charge is 2.55. The maximum Gasteiger partial charge on any atom is 0.325 e. The third-order valence-corrected chi connectivity index (χ3v) is 4.78. The van der Waals surface area contributed by atoms with E-state index in [4.69, 9.17) is 9.47 Å². The molecule has 1 saturated carbocycles. The van der Waals surface area contributed by atoms with Crippen LogP contribution in [-0.2, 0) is 23.9 Å². The summed E-state index contributed by atoms with van der Waals surface area (Å²) in [4.78, 5) is 37.9. The zero-order chi connectivity index (χ0) is 16.2. The molecule has 2 aliphatic rings. The highest BCUT2D eigenvalue weighted by Crippen LogP contribution is 2.48. The Morgan fingerprint density at radius 1 is 1.18 bits per heavy atom. The number of nitrogens with zero attached hydrogens (tertiary/aromatic N) is 1. The van der Waals surface area contributed by atoms with Crippen LogP contribution < -0.4 is 0 Å². The van der Waals surface area contributed by atoms with E-state index in [9.17, 15) is 14.4 Å². The average Bonchev–Trinajstić information content (AvgIpc) is 2.72. The van der Waals surface area contributed by atoms with Gasteiger partial charge in [0, 0.05) is 6.42 Å². The summed E-state index contributed by atoms with van der Waals surface area (Å²) in [5.74, 6) is -0.625. The molecule has 0 bridgehead atoms. The molecule has 6 nitrogen and oxygen atoms in total. The predicted molar refractivity (Wildman–Crippen MR) is 78.9 cm³/mol. The largest absolute Gasteiger partial charge is 0.466 e. The Morgan fingerprint density at radius 2 is 1.86 bits per heavy atom. The van der Waals surface area contributed by atoms with Crippen molar-refractivity contribution in [1.82, 2.24) is 4.90 Å². The summed E-state index contributed by atoms with van der Waals surface area (Å²) in [5, 5.41) is 0. The number of rotatable bonds is 6. The third-order valence-electron chi connectivity index (χ3n) is 4.78. The van der Waals surface area contributed by atoms with Crippen molar-refractivity contribution in [2.24, 2.45) is 5.92 Å². The van der Waals surface area contributed by atoms with E-state index < -0.39 is 11.5 Å². The molecule has 1 aliphatic carbocycles. The van der Waals surface area contributed by atoms with Crippen molar-refractivity contribution in [3.8, 4) is 0 Å². The first-order valence-corrected chi connectivity index (χ1v) is 8.15. The fraction of sp³-hybridized carbons (Fsp3) is 0.812. The smallest absolute Gasteiger partial charge is 0.325 e. The summed E-state index contributed by atoms with van der Waals surface area (Å²) in [6, 6.07) is 0. The minimum atomic E-state index is -0.561. The van der Waals surface area contributed by atoms with E-state index in [0.29, 0.717) is 13.0 Å². The molecule has 1 saturated heterocycles. The first-order chi connectivity index (χ1) is 10.5. The summed E-state index contributed by atoms with van der Waals surface area (Å²) < 4.78 is 10.1. The van der Waals surface area contributed by atoms with Crippen LogP contribution in [0.4, 0.5) is 0 Å². The number of hydrogen-bond acceptors (Lipinski definition) is 5. The van der Waals surface area contributed by atoms with Crippen molar-refractivity contribution in [1.29, 1.82) is 0 Å². The number of carbonyl (C=O) groups is 3. The van der Waals surface area contributed by atoms with E-state index in [0.717, 1.165) is 25.7 Å². The topological polar surface area (TPSA) is 72.9 Å². The molecule has 6 heteroatoms. The molecule has 1 heterocycles. The van der Waals surface area contributed by atoms with Crippen molar-refractivity contribution in [2.45, 2.75) is 57.9 Å². The highest BCUT2D eigenvalue weighted by molar-refractivity contribution is 5.86. The Morgan fingerprint density at radius 3 is 2.55 bits per heavy atom. The quantitative estimate of drug-likeness (QED) is 0.698. The van der Waals surface area contributed by atoms with Crippen LogP contribution in [0.2, 0.25) is 0 Å². The lowest BCUT2D eigenvalue weighted by molar-refractivity contribution is -0.155. The van der Waals surface area contributed by atoms with Gasteiger partial charge in [0.15, 0.2) is 0 Å². The molecule has 0 N–H and O–H groups in total. The molecule has 0 aromatic rings. The van der Waals surface area contributed by atoms with Crippen LogP contribution in [0, 0.1) is 5.92 Å². The summed E-state index contributed by atoms with van der Waals surface area (Å²) in [5.41, 5.74) is -0.561. The number of esters is 2. The van der Waals surface area contributed by atoms with Gasteiger partial charge in [0.1, 0.15) is 6.54 Å². The Kier molecular flexibility index (Phi) is 5.42. The number of carbonyl (C=O) groups excluding carboxylic acids is 3. The van der Waals surface area contributed by atoms with Gasteiger partial charge in [0.25, 0.3) is 0 Å². The molecule has 2 atom stereocenters. The first-order valence-electron chi connectivity index (χ1n) is 8.15. The first kappa shape index (κ1) is 16.8. The monoisotopic (exact) mass is 311 g/mol. The SMILES string of the molecule is CCOC(=O)CN1C(=O)C[C@H]2CCCC[C@]21CC(=O)OCC. The Bertz CT molecular complexity index is 450. The third kappa shape index (κ3) is 3.25. The number of likely N-dealkylation sites (tertiary alicyclic amines) is 1. The van der Waals surface area contributed by atoms with Crippen LogP contribution in [0.5, 0.6) is 0 Å². The summed E-state index contributed by atoms with van der Waals surface area (Å²) >= 11 is 0. The molecule has 0 spiro atoms. The summed E-state index contributed by atoms with van der Waals surface area (Å²) in [6.45, 7) is 4.05. The molecule has 2 rings (SSSR count). The Labute approximate surface area is 131 Å². The van der Waals surface area contributed by atoms with Crippen LogP contribution in [0.1, 0.15) is 52.4 Å². The van der Waals surface area contributed by atoms with Crippen molar-refractivity contribution >= 4 is 17.8 Å². The van der Waals surface area contributed by atoms with Gasteiger partial charge in [-0.2, -0.15) is 0 Å². The number of fused-ring (bicyclic) bond motifs is 1. The summed E-state index contributed by atoms with van der Waals surface area (Å²) in [7, 11) is 0. The van der Waals surface area contributed by atoms with E-state index in [2.05, 4.69) is 0 Å². The zero-order valence-electron chi connectivity index (χ0n) is 13.4. The zero-order valence-corrected chi connectivity index (χ0v) is 13.4. The second kappa shape index (κ2) is 7.11. The molecule has 2 fully saturated rings. The number of hydrogen-bond donors (Lipinski definition) is 0. The number of amides is 1. The molecule has 0 aromatic heterocycles. The molecule has 22 heavy (non-hydrogen) atoms. The highest BCUT2D eigenvalue weighted by atomic mass is 16.5. The normalized spacial score (nSPS) is 27.5. The molecule has 1 amide bonds.